The number of hydrogen-bond acceptors (Lipinski definition) is 6. The molecule has 6 amide bonds. The molecule has 0 aromatic heterocycles. The number of nitrogens with two attached hydrogens (primary N) is 1. The number of urea groups is 1. The van der Waals surface area contributed by atoms with E-state index in [2.05, 4.69) is 16.0 Å². The monoisotopic (exact) mass is 579 g/mol. The molecule has 11 heteroatoms. The lowest BCUT2D eigenvalue weighted by Crippen LogP contribution is -2.55. The predicted octanol–water partition coefficient (Wildman–Crippen LogP) is 3.05. The van der Waals surface area contributed by atoms with Gasteiger partial charge in [-0.25, -0.2) is 4.79 Å². The van der Waals surface area contributed by atoms with Gasteiger partial charge in [0, 0.05) is 37.3 Å². The highest BCUT2D eigenvalue weighted by atomic mass is 16.2. The molecule has 0 spiro atoms. The summed E-state index contributed by atoms with van der Waals surface area (Å²) in [6.07, 6.45) is 4.58. The average Bonchev–Trinajstić information content (AvgIpc) is 3.16. The van der Waals surface area contributed by atoms with Crippen molar-refractivity contribution in [2.45, 2.75) is 118 Å². The topological polar surface area (TPSA) is 168 Å². The molecule has 1 rings (SSSR count). The number of Topliss-reactive ketones (excluding diaryl/α,β-unsaturated/α-hetero) is 1. The minimum absolute atomic E-state index is 0.0877. The van der Waals surface area contributed by atoms with Crippen molar-refractivity contribution >= 4 is 35.4 Å². The molecule has 1 aliphatic rings. The molecule has 0 saturated carbocycles. The van der Waals surface area contributed by atoms with Gasteiger partial charge in [0.05, 0.1) is 6.04 Å². The van der Waals surface area contributed by atoms with Crippen LogP contribution in [0.3, 0.4) is 0 Å². The zero-order valence-corrected chi connectivity index (χ0v) is 26.1. The van der Waals surface area contributed by atoms with Crippen molar-refractivity contribution in [3.05, 3.63) is 0 Å². The zero-order chi connectivity index (χ0) is 31.3. The Bertz CT molecular complexity index is 932. The second-order valence-corrected chi connectivity index (χ2v) is 12.5. The standard InChI is InChI=1S/C30H53N5O6/c1-8-15-30(6,7)26(38)22(13-12-16-32-29(31)41)33-27(39)25(20(4)5)34-23(36)14-10-9-11-17-35-24(37)18-21(19(2)3)28(35)40/h19-22,25H,8-18H2,1-7H3,(H,33,39)(H,34,36)(H3,31,32,41)/t21?,22-,25-/m0/s1. The molecule has 0 aliphatic carbocycles. The summed E-state index contributed by atoms with van der Waals surface area (Å²) in [7, 11) is 0. The van der Waals surface area contributed by atoms with E-state index in [-0.39, 0.29) is 60.6 Å². The Morgan fingerprint density at radius 2 is 1.66 bits per heavy atom. The number of primary amides is 1. The number of ketones is 1. The summed E-state index contributed by atoms with van der Waals surface area (Å²) >= 11 is 0. The molecule has 1 aliphatic heterocycles. The van der Waals surface area contributed by atoms with Crippen LogP contribution in [0.2, 0.25) is 0 Å². The highest BCUT2D eigenvalue weighted by Crippen LogP contribution is 2.27. The Labute approximate surface area is 245 Å². The van der Waals surface area contributed by atoms with Crippen LogP contribution in [0.25, 0.3) is 0 Å². The van der Waals surface area contributed by atoms with Crippen molar-refractivity contribution in [2.75, 3.05) is 13.1 Å². The van der Waals surface area contributed by atoms with Crippen LogP contribution >= 0.6 is 0 Å². The number of likely N-dealkylation sites (tertiary alicyclic amines) is 1. The molecule has 11 nitrogen and oxygen atoms in total. The van der Waals surface area contributed by atoms with Gasteiger partial charge in [0.1, 0.15) is 6.04 Å². The Morgan fingerprint density at radius 1 is 1.00 bits per heavy atom. The SMILES string of the molecule is CCCC(C)(C)C(=O)[C@H](CCCNC(N)=O)NC(=O)[C@@H](NC(=O)CCCCCN1C(=O)CC(C(C)C)C1=O)C(C)C. The minimum Gasteiger partial charge on any atom is -0.352 e. The van der Waals surface area contributed by atoms with Gasteiger partial charge in [0.2, 0.25) is 23.6 Å². The summed E-state index contributed by atoms with van der Waals surface area (Å²) < 4.78 is 0. The maximum absolute atomic E-state index is 13.4. The van der Waals surface area contributed by atoms with Crippen LogP contribution in [0, 0.1) is 23.2 Å². The molecule has 0 bridgehead atoms. The van der Waals surface area contributed by atoms with Gasteiger partial charge in [-0.3, -0.25) is 28.9 Å². The van der Waals surface area contributed by atoms with E-state index in [1.807, 2.05) is 48.5 Å². The predicted molar refractivity (Wildman–Crippen MR) is 157 cm³/mol. The fourth-order valence-electron chi connectivity index (χ4n) is 5.25. The van der Waals surface area contributed by atoms with Crippen LogP contribution in [0.1, 0.15) is 106 Å². The third-order valence-corrected chi connectivity index (χ3v) is 7.78. The molecule has 0 aromatic rings. The molecule has 41 heavy (non-hydrogen) atoms. The average molecular weight is 580 g/mol. The van der Waals surface area contributed by atoms with Gasteiger partial charge in [-0.15, -0.1) is 0 Å². The number of unbranched alkanes of at least 4 members (excludes halogenated alkanes) is 2. The van der Waals surface area contributed by atoms with E-state index in [4.69, 9.17) is 5.73 Å². The Hall–Kier alpha value is -2.98. The van der Waals surface area contributed by atoms with E-state index < -0.39 is 29.4 Å². The molecule has 0 radical (unpaired) electrons. The third kappa shape index (κ3) is 11.8. The number of amides is 6. The summed E-state index contributed by atoms with van der Waals surface area (Å²) in [6.45, 7) is 13.9. The molecule has 0 aromatic carbocycles. The normalized spacial score (nSPS) is 17.1. The molecule has 3 atom stereocenters. The first-order valence-corrected chi connectivity index (χ1v) is 15.1. The first kappa shape index (κ1) is 36.0. The van der Waals surface area contributed by atoms with Crippen molar-refractivity contribution in [3.63, 3.8) is 0 Å². The molecule has 1 fully saturated rings. The molecule has 1 unspecified atom stereocenters. The van der Waals surface area contributed by atoms with Crippen LogP contribution in [0.4, 0.5) is 4.79 Å². The number of nitrogens with one attached hydrogen (secondary N) is 3. The van der Waals surface area contributed by atoms with Crippen molar-refractivity contribution in [1.82, 2.24) is 20.9 Å². The van der Waals surface area contributed by atoms with E-state index >= 15 is 0 Å². The number of rotatable bonds is 19. The van der Waals surface area contributed by atoms with Gasteiger partial charge >= 0.3 is 6.03 Å². The maximum atomic E-state index is 13.4. The lowest BCUT2D eigenvalue weighted by atomic mass is 9.79. The molecular formula is C30H53N5O6. The smallest absolute Gasteiger partial charge is 0.312 e. The first-order chi connectivity index (χ1) is 19.1. The lowest BCUT2D eigenvalue weighted by Gasteiger charge is -2.30. The minimum atomic E-state index is -0.816. The Kier molecular flexibility index (Phi) is 15.0. The summed E-state index contributed by atoms with van der Waals surface area (Å²) in [5, 5.41) is 8.18. The van der Waals surface area contributed by atoms with E-state index in [9.17, 15) is 28.8 Å². The molecule has 5 N–H and O–H groups in total. The van der Waals surface area contributed by atoms with Crippen LogP contribution in [-0.2, 0) is 24.0 Å². The van der Waals surface area contributed by atoms with Crippen LogP contribution in [0.15, 0.2) is 0 Å². The van der Waals surface area contributed by atoms with Gasteiger partial charge in [-0.1, -0.05) is 61.3 Å². The van der Waals surface area contributed by atoms with Gasteiger partial charge in [-0.05, 0) is 43.9 Å². The first-order valence-electron chi connectivity index (χ1n) is 15.1. The number of carbonyl (C=O) groups is 6. The highest BCUT2D eigenvalue weighted by molar-refractivity contribution is 6.03. The Balaban J connectivity index is 2.67. The number of carbonyl (C=O) groups excluding carboxylic acids is 6. The van der Waals surface area contributed by atoms with Crippen LogP contribution in [-0.4, -0.2) is 65.5 Å². The molecule has 1 saturated heterocycles. The largest absolute Gasteiger partial charge is 0.352 e. The Morgan fingerprint density at radius 3 is 2.20 bits per heavy atom. The van der Waals surface area contributed by atoms with Crippen molar-refractivity contribution in [1.29, 1.82) is 0 Å². The van der Waals surface area contributed by atoms with E-state index in [1.54, 1.807) is 0 Å². The molecule has 234 valence electrons. The van der Waals surface area contributed by atoms with Crippen molar-refractivity contribution in [2.24, 2.45) is 28.9 Å². The summed E-state index contributed by atoms with van der Waals surface area (Å²) in [5.41, 5.74) is 4.49. The van der Waals surface area contributed by atoms with Gasteiger partial charge in [0.15, 0.2) is 5.78 Å². The summed E-state index contributed by atoms with van der Waals surface area (Å²) in [5.74, 6) is -1.34. The van der Waals surface area contributed by atoms with Crippen LogP contribution in [0.5, 0.6) is 0 Å². The van der Waals surface area contributed by atoms with Gasteiger partial charge in [0.25, 0.3) is 0 Å². The quantitative estimate of drug-likeness (QED) is 0.135. The molecular weight excluding hydrogens is 526 g/mol. The fraction of sp³-hybridized carbons (Fsp3) is 0.800. The summed E-state index contributed by atoms with van der Waals surface area (Å²) in [6, 6.07) is -2.23. The van der Waals surface area contributed by atoms with Crippen molar-refractivity contribution < 1.29 is 28.8 Å². The van der Waals surface area contributed by atoms with E-state index in [0.29, 0.717) is 45.1 Å². The number of hydrogen-bond donors (Lipinski definition) is 4. The zero-order valence-electron chi connectivity index (χ0n) is 26.1. The highest BCUT2D eigenvalue weighted by Gasteiger charge is 2.39. The van der Waals surface area contributed by atoms with Crippen LogP contribution < -0.4 is 21.7 Å². The maximum Gasteiger partial charge on any atom is 0.312 e. The second-order valence-electron chi connectivity index (χ2n) is 12.5. The van der Waals surface area contributed by atoms with Crippen molar-refractivity contribution in [3.8, 4) is 0 Å². The number of nitrogens with zero attached hydrogens (tertiary/aromatic N) is 1. The lowest BCUT2D eigenvalue weighted by molar-refractivity contribution is -0.140. The number of imide groups is 1. The third-order valence-electron chi connectivity index (χ3n) is 7.78. The second kappa shape index (κ2) is 17.1. The fourth-order valence-corrected chi connectivity index (χ4v) is 5.25. The van der Waals surface area contributed by atoms with Gasteiger partial charge < -0.3 is 21.7 Å². The van der Waals surface area contributed by atoms with Gasteiger partial charge in [-0.2, -0.15) is 0 Å². The summed E-state index contributed by atoms with van der Waals surface area (Å²) in [4.78, 5) is 76.3. The van der Waals surface area contributed by atoms with E-state index in [0.717, 1.165) is 6.42 Å². The molecule has 1 heterocycles. The van der Waals surface area contributed by atoms with E-state index in [1.165, 1.54) is 4.90 Å².